The number of carbonyl (C=O) groups excluding carboxylic acids is 1. The molecule has 0 bridgehead atoms. The normalized spacial score (nSPS) is 17.2. The van der Waals surface area contributed by atoms with Gasteiger partial charge < -0.3 is 10.0 Å². The number of amides is 1. The van der Waals surface area contributed by atoms with Crippen molar-refractivity contribution in [2.45, 2.75) is 18.9 Å². The molecule has 23 heavy (non-hydrogen) atoms. The number of aromatic nitrogens is 1. The molecule has 1 N–H and O–H groups in total. The van der Waals surface area contributed by atoms with E-state index in [2.05, 4.69) is 4.98 Å². The average molecular weight is 313 g/mol. The number of rotatable bonds is 3. The highest BCUT2D eigenvalue weighted by Gasteiger charge is 2.32. The molecule has 1 fully saturated rings. The van der Waals surface area contributed by atoms with Gasteiger partial charge in [-0.1, -0.05) is 0 Å². The zero-order valence-corrected chi connectivity index (χ0v) is 12.3. The SMILES string of the molecule is O=C(c1ccc([N+](=O)[O-])cc1O)N1CCCC1c1ccncc1. The van der Waals surface area contributed by atoms with Crippen molar-refractivity contribution in [2.75, 3.05) is 6.54 Å². The molecule has 1 aromatic heterocycles. The number of pyridine rings is 1. The van der Waals surface area contributed by atoms with Crippen molar-refractivity contribution in [2.24, 2.45) is 0 Å². The predicted octanol–water partition coefficient (Wildman–Crippen LogP) is 2.67. The van der Waals surface area contributed by atoms with Gasteiger partial charge in [-0.25, -0.2) is 0 Å². The van der Waals surface area contributed by atoms with E-state index in [4.69, 9.17) is 0 Å². The van der Waals surface area contributed by atoms with Gasteiger partial charge in [0, 0.05) is 25.0 Å². The first-order valence-electron chi connectivity index (χ1n) is 7.26. The van der Waals surface area contributed by atoms with E-state index >= 15 is 0 Å². The Morgan fingerprint density at radius 3 is 2.70 bits per heavy atom. The van der Waals surface area contributed by atoms with Crippen LogP contribution in [0.25, 0.3) is 0 Å². The summed E-state index contributed by atoms with van der Waals surface area (Å²) in [6, 6.07) is 7.20. The minimum Gasteiger partial charge on any atom is -0.507 e. The third-order valence-electron chi connectivity index (χ3n) is 4.03. The molecule has 118 valence electrons. The van der Waals surface area contributed by atoms with E-state index in [1.165, 1.54) is 12.1 Å². The topological polar surface area (TPSA) is 96.6 Å². The first-order valence-corrected chi connectivity index (χ1v) is 7.26. The number of carbonyl (C=O) groups is 1. The summed E-state index contributed by atoms with van der Waals surface area (Å²) >= 11 is 0. The number of non-ortho nitro benzene ring substituents is 1. The van der Waals surface area contributed by atoms with Gasteiger partial charge in [0.1, 0.15) is 5.75 Å². The molecule has 2 heterocycles. The molecule has 1 atom stereocenters. The number of phenolic OH excluding ortho intramolecular Hbond substituents is 1. The van der Waals surface area contributed by atoms with Crippen LogP contribution in [0.2, 0.25) is 0 Å². The van der Waals surface area contributed by atoms with Crippen molar-refractivity contribution in [3.8, 4) is 5.75 Å². The first kappa shape index (κ1) is 15.0. The molecular weight excluding hydrogens is 298 g/mol. The number of aromatic hydroxyl groups is 1. The van der Waals surface area contributed by atoms with E-state index in [9.17, 15) is 20.0 Å². The second-order valence-corrected chi connectivity index (χ2v) is 5.40. The highest BCUT2D eigenvalue weighted by molar-refractivity contribution is 5.97. The Kier molecular flexibility index (Phi) is 3.92. The van der Waals surface area contributed by atoms with Gasteiger partial charge in [0.25, 0.3) is 11.6 Å². The largest absolute Gasteiger partial charge is 0.507 e. The molecule has 0 aliphatic carbocycles. The lowest BCUT2D eigenvalue weighted by Gasteiger charge is -2.25. The quantitative estimate of drug-likeness (QED) is 0.694. The summed E-state index contributed by atoms with van der Waals surface area (Å²) in [5.74, 6) is -0.693. The van der Waals surface area contributed by atoms with E-state index in [-0.39, 0.29) is 28.9 Å². The highest BCUT2D eigenvalue weighted by Crippen LogP contribution is 2.34. The summed E-state index contributed by atoms with van der Waals surface area (Å²) in [6.07, 6.45) is 5.06. The van der Waals surface area contributed by atoms with Gasteiger partial charge in [-0.05, 0) is 36.6 Å². The van der Waals surface area contributed by atoms with Gasteiger partial charge >= 0.3 is 0 Å². The van der Waals surface area contributed by atoms with Crippen molar-refractivity contribution < 1.29 is 14.8 Å². The number of nitro benzene ring substituents is 1. The maximum absolute atomic E-state index is 12.7. The summed E-state index contributed by atoms with van der Waals surface area (Å²) in [5.41, 5.74) is 0.829. The monoisotopic (exact) mass is 313 g/mol. The van der Waals surface area contributed by atoms with Crippen molar-refractivity contribution in [3.05, 3.63) is 64.0 Å². The summed E-state index contributed by atoms with van der Waals surface area (Å²) < 4.78 is 0. The Morgan fingerprint density at radius 1 is 1.30 bits per heavy atom. The number of nitrogens with zero attached hydrogens (tertiary/aromatic N) is 3. The van der Waals surface area contributed by atoms with Crippen LogP contribution >= 0.6 is 0 Å². The molecule has 0 spiro atoms. The van der Waals surface area contributed by atoms with Crippen LogP contribution < -0.4 is 0 Å². The summed E-state index contributed by atoms with van der Waals surface area (Å²) in [4.78, 5) is 28.5. The van der Waals surface area contributed by atoms with Crippen LogP contribution in [0.4, 0.5) is 5.69 Å². The summed E-state index contributed by atoms with van der Waals surface area (Å²) in [7, 11) is 0. The molecule has 3 rings (SSSR count). The van der Waals surface area contributed by atoms with Crippen LogP contribution in [0.5, 0.6) is 5.75 Å². The Morgan fingerprint density at radius 2 is 2.04 bits per heavy atom. The second kappa shape index (κ2) is 6.04. The molecule has 0 saturated carbocycles. The molecular formula is C16H15N3O4. The predicted molar refractivity (Wildman–Crippen MR) is 82.0 cm³/mol. The van der Waals surface area contributed by atoms with Crippen LogP contribution in [0.3, 0.4) is 0 Å². The maximum Gasteiger partial charge on any atom is 0.273 e. The lowest BCUT2D eigenvalue weighted by molar-refractivity contribution is -0.384. The van der Waals surface area contributed by atoms with Gasteiger partial charge in [-0.2, -0.15) is 0 Å². The van der Waals surface area contributed by atoms with E-state index in [1.54, 1.807) is 17.3 Å². The maximum atomic E-state index is 12.7. The zero-order chi connectivity index (χ0) is 16.4. The number of nitro groups is 1. The lowest BCUT2D eigenvalue weighted by Crippen LogP contribution is -2.30. The number of benzene rings is 1. The minimum atomic E-state index is -0.608. The van der Waals surface area contributed by atoms with E-state index in [0.29, 0.717) is 6.54 Å². The molecule has 1 aromatic carbocycles. The van der Waals surface area contributed by atoms with Crippen LogP contribution in [0, 0.1) is 10.1 Å². The Hall–Kier alpha value is -2.96. The molecule has 7 nitrogen and oxygen atoms in total. The smallest absolute Gasteiger partial charge is 0.273 e. The molecule has 1 saturated heterocycles. The van der Waals surface area contributed by atoms with Gasteiger partial charge in [-0.3, -0.25) is 19.9 Å². The van der Waals surface area contributed by atoms with Crippen molar-refractivity contribution in [1.82, 2.24) is 9.88 Å². The van der Waals surface area contributed by atoms with Gasteiger partial charge in [-0.15, -0.1) is 0 Å². The fourth-order valence-corrected chi connectivity index (χ4v) is 2.91. The Bertz CT molecular complexity index is 748. The van der Waals surface area contributed by atoms with Gasteiger partial charge in [0.2, 0.25) is 0 Å². The average Bonchev–Trinajstić information content (AvgIpc) is 3.04. The van der Waals surface area contributed by atoms with Crippen LogP contribution in [-0.2, 0) is 0 Å². The Labute approximate surface area is 132 Å². The number of phenols is 1. The first-order chi connectivity index (χ1) is 11.1. The number of likely N-dealkylation sites (tertiary alicyclic amines) is 1. The molecule has 0 radical (unpaired) electrons. The second-order valence-electron chi connectivity index (χ2n) is 5.40. The zero-order valence-electron chi connectivity index (χ0n) is 12.3. The van der Waals surface area contributed by atoms with Crippen molar-refractivity contribution >= 4 is 11.6 Å². The van der Waals surface area contributed by atoms with E-state index < -0.39 is 4.92 Å². The fraction of sp³-hybridized carbons (Fsp3) is 0.250. The number of hydrogen-bond acceptors (Lipinski definition) is 5. The van der Waals surface area contributed by atoms with Crippen LogP contribution in [0.15, 0.2) is 42.7 Å². The number of hydrogen-bond donors (Lipinski definition) is 1. The summed E-state index contributed by atoms with van der Waals surface area (Å²) in [6.45, 7) is 0.586. The van der Waals surface area contributed by atoms with E-state index in [0.717, 1.165) is 24.5 Å². The molecule has 1 aliphatic heterocycles. The molecule has 1 aliphatic rings. The third-order valence-corrected chi connectivity index (χ3v) is 4.03. The summed E-state index contributed by atoms with van der Waals surface area (Å²) in [5, 5.41) is 20.7. The lowest BCUT2D eigenvalue weighted by atomic mass is 10.1. The van der Waals surface area contributed by atoms with E-state index in [1.807, 2.05) is 12.1 Å². The fourth-order valence-electron chi connectivity index (χ4n) is 2.91. The third kappa shape index (κ3) is 2.85. The van der Waals surface area contributed by atoms with Crippen molar-refractivity contribution in [3.63, 3.8) is 0 Å². The molecule has 2 aromatic rings. The molecule has 1 amide bonds. The van der Waals surface area contributed by atoms with Crippen LogP contribution in [-0.4, -0.2) is 32.4 Å². The minimum absolute atomic E-state index is 0.0694. The molecule has 1 unspecified atom stereocenters. The van der Waals surface area contributed by atoms with Crippen molar-refractivity contribution in [1.29, 1.82) is 0 Å². The van der Waals surface area contributed by atoms with Crippen LogP contribution in [0.1, 0.15) is 34.8 Å². The highest BCUT2D eigenvalue weighted by atomic mass is 16.6. The molecule has 7 heteroatoms. The van der Waals surface area contributed by atoms with Gasteiger partial charge in [0.05, 0.1) is 22.6 Å². The standard InChI is InChI=1S/C16H15N3O4/c20-15-10-12(19(22)23)3-4-13(15)16(21)18-9-1-2-14(18)11-5-7-17-8-6-11/h3-8,10,14,20H,1-2,9H2. The Balaban J connectivity index is 1.89. The van der Waals surface area contributed by atoms with Gasteiger partial charge in [0.15, 0.2) is 0 Å².